The number of aliphatic carboxylic acids is 2. The lowest BCUT2D eigenvalue weighted by Gasteiger charge is -2.24. The summed E-state index contributed by atoms with van der Waals surface area (Å²) < 4.78 is 0. The lowest BCUT2D eigenvalue weighted by atomic mass is 10.1. The number of amides is 4. The van der Waals surface area contributed by atoms with Gasteiger partial charge >= 0.3 is 11.9 Å². The Balaban J connectivity index is 5.63. The van der Waals surface area contributed by atoms with E-state index >= 15 is 0 Å². The lowest BCUT2D eigenvalue weighted by molar-refractivity contribution is -0.147. The summed E-state index contributed by atoms with van der Waals surface area (Å²) in [7, 11) is 0. The molecule has 4 amide bonds. The summed E-state index contributed by atoms with van der Waals surface area (Å²) in [6.45, 7) is 0.0533. The maximum absolute atomic E-state index is 12.7. The standard InChI is InChI=1S/C17H30N8O8S/c18-7(6-34)13(29)24-9(4-11(19)26)15(31)23-8(2-1-3-22-17(20)21)14(30)25-10(16(32)33)5-12(27)28/h7-10,34H,1-6,18H2,(H2,19,26)(H,23,31)(H,24,29)(H,25,30)(H,27,28)(H,32,33)(H4,20,21,22). The van der Waals surface area contributed by atoms with E-state index in [2.05, 4.69) is 28.3 Å². The topological polar surface area (TPSA) is 295 Å². The van der Waals surface area contributed by atoms with Crippen LogP contribution in [-0.4, -0.2) is 88.2 Å². The molecule has 0 aliphatic heterocycles. The summed E-state index contributed by atoms with van der Waals surface area (Å²) in [6.07, 6.45) is -1.51. The SMILES string of the molecule is NC(=O)CC(NC(=O)C(N)CS)C(=O)NC(CCCN=C(N)N)C(=O)NC(CC(=O)O)C(=O)O. The van der Waals surface area contributed by atoms with Crippen molar-refractivity contribution in [1.29, 1.82) is 0 Å². The number of hydrogen-bond acceptors (Lipinski definition) is 9. The summed E-state index contributed by atoms with van der Waals surface area (Å²) in [6, 6.07) is -5.78. The van der Waals surface area contributed by atoms with Crippen LogP contribution in [0.3, 0.4) is 0 Å². The number of carboxylic acid groups (broad SMARTS) is 2. The van der Waals surface area contributed by atoms with Crippen LogP contribution in [0.4, 0.5) is 0 Å². The van der Waals surface area contributed by atoms with Crippen LogP contribution in [0.25, 0.3) is 0 Å². The van der Waals surface area contributed by atoms with Crippen molar-refractivity contribution in [2.45, 2.75) is 49.9 Å². The molecule has 0 heterocycles. The van der Waals surface area contributed by atoms with Crippen molar-refractivity contribution in [3.8, 4) is 0 Å². The van der Waals surface area contributed by atoms with Crippen molar-refractivity contribution in [3.05, 3.63) is 0 Å². The minimum atomic E-state index is -1.78. The number of aliphatic imine (C=N–C) groups is 1. The van der Waals surface area contributed by atoms with Crippen LogP contribution >= 0.6 is 12.6 Å². The maximum atomic E-state index is 12.7. The summed E-state index contributed by atoms with van der Waals surface area (Å²) in [5.74, 6) is -7.15. The van der Waals surface area contributed by atoms with Crippen LogP contribution in [0.5, 0.6) is 0 Å². The highest BCUT2D eigenvalue weighted by Gasteiger charge is 2.31. The number of carboxylic acids is 2. The van der Waals surface area contributed by atoms with E-state index in [1.165, 1.54) is 0 Å². The summed E-state index contributed by atoms with van der Waals surface area (Å²) in [5.41, 5.74) is 21.1. The lowest BCUT2D eigenvalue weighted by Crippen LogP contribution is -2.58. The molecule has 4 atom stereocenters. The van der Waals surface area contributed by atoms with E-state index in [0.717, 1.165) is 0 Å². The van der Waals surface area contributed by atoms with Gasteiger partial charge in [-0.05, 0) is 12.8 Å². The molecule has 0 fully saturated rings. The van der Waals surface area contributed by atoms with Gasteiger partial charge in [0, 0.05) is 12.3 Å². The number of carbonyl (C=O) groups excluding carboxylic acids is 4. The van der Waals surface area contributed by atoms with Crippen LogP contribution in [0, 0.1) is 0 Å². The molecule has 0 bridgehead atoms. The van der Waals surface area contributed by atoms with Crippen LogP contribution in [0.15, 0.2) is 4.99 Å². The highest BCUT2D eigenvalue weighted by Crippen LogP contribution is 2.04. The monoisotopic (exact) mass is 506 g/mol. The Morgan fingerprint density at radius 3 is 1.82 bits per heavy atom. The molecule has 0 rings (SSSR count). The second-order valence-electron chi connectivity index (χ2n) is 7.03. The van der Waals surface area contributed by atoms with Gasteiger partial charge in [-0.25, -0.2) is 4.79 Å². The van der Waals surface area contributed by atoms with Gasteiger partial charge in [0.25, 0.3) is 0 Å². The Kier molecular flexibility index (Phi) is 13.7. The zero-order valence-corrected chi connectivity index (χ0v) is 19.0. The van der Waals surface area contributed by atoms with Crippen molar-refractivity contribution in [2.75, 3.05) is 12.3 Å². The normalized spacial score (nSPS) is 13.9. The van der Waals surface area contributed by atoms with E-state index in [1.54, 1.807) is 0 Å². The molecule has 17 heteroatoms. The number of nitrogens with zero attached hydrogens (tertiary/aromatic N) is 1. The molecule has 0 spiro atoms. The van der Waals surface area contributed by atoms with Gasteiger partial charge < -0.3 is 49.1 Å². The predicted molar refractivity (Wildman–Crippen MR) is 121 cm³/mol. The molecule has 34 heavy (non-hydrogen) atoms. The number of guanidine groups is 1. The predicted octanol–water partition coefficient (Wildman–Crippen LogP) is -4.81. The van der Waals surface area contributed by atoms with Gasteiger partial charge in [0.1, 0.15) is 18.1 Å². The number of nitrogens with one attached hydrogen (secondary N) is 3. The molecule has 16 nitrogen and oxygen atoms in total. The van der Waals surface area contributed by atoms with Crippen molar-refractivity contribution < 1.29 is 39.0 Å². The van der Waals surface area contributed by atoms with Crippen molar-refractivity contribution in [3.63, 3.8) is 0 Å². The molecule has 192 valence electrons. The van der Waals surface area contributed by atoms with E-state index in [-0.39, 0.29) is 31.1 Å². The van der Waals surface area contributed by atoms with E-state index < -0.39 is 72.6 Å². The molecule has 0 saturated heterocycles. The molecule has 0 aromatic heterocycles. The van der Waals surface area contributed by atoms with Crippen LogP contribution < -0.4 is 38.9 Å². The molecule has 0 aromatic rings. The fourth-order valence-corrected chi connectivity index (χ4v) is 2.63. The molecular formula is C17H30N8O8S. The van der Waals surface area contributed by atoms with E-state index in [0.29, 0.717) is 0 Å². The van der Waals surface area contributed by atoms with Gasteiger partial charge in [0.2, 0.25) is 23.6 Å². The van der Waals surface area contributed by atoms with Crippen molar-refractivity contribution >= 4 is 54.2 Å². The fraction of sp³-hybridized carbons (Fsp3) is 0.588. The third kappa shape index (κ3) is 12.4. The van der Waals surface area contributed by atoms with Gasteiger partial charge in [0.15, 0.2) is 5.96 Å². The van der Waals surface area contributed by atoms with Crippen molar-refractivity contribution in [2.24, 2.45) is 27.9 Å². The number of nitrogens with two attached hydrogens (primary N) is 4. The van der Waals surface area contributed by atoms with Crippen LogP contribution in [0.1, 0.15) is 25.7 Å². The highest BCUT2D eigenvalue weighted by molar-refractivity contribution is 7.80. The maximum Gasteiger partial charge on any atom is 0.326 e. The largest absolute Gasteiger partial charge is 0.481 e. The van der Waals surface area contributed by atoms with E-state index in [4.69, 9.17) is 33.1 Å². The Labute approximate surface area is 199 Å². The Bertz CT molecular complexity index is 804. The first-order valence-corrected chi connectivity index (χ1v) is 10.5. The van der Waals surface area contributed by atoms with Gasteiger partial charge in [0.05, 0.1) is 18.9 Å². The first kappa shape index (κ1) is 30.4. The van der Waals surface area contributed by atoms with Gasteiger partial charge in [-0.15, -0.1) is 0 Å². The number of primary amides is 1. The third-order valence-electron chi connectivity index (χ3n) is 4.14. The molecule has 4 unspecified atom stereocenters. The van der Waals surface area contributed by atoms with E-state index in [1.807, 2.05) is 5.32 Å². The summed E-state index contributed by atoms with van der Waals surface area (Å²) >= 11 is 3.87. The van der Waals surface area contributed by atoms with Crippen LogP contribution in [0.2, 0.25) is 0 Å². The second-order valence-corrected chi connectivity index (χ2v) is 7.39. The summed E-state index contributed by atoms with van der Waals surface area (Å²) in [4.78, 5) is 74.6. The first-order valence-electron chi connectivity index (χ1n) is 9.84. The third-order valence-corrected chi connectivity index (χ3v) is 4.54. The molecule has 13 N–H and O–H groups in total. The number of carbonyl (C=O) groups is 6. The highest BCUT2D eigenvalue weighted by atomic mass is 32.1. The molecule has 0 aliphatic rings. The van der Waals surface area contributed by atoms with Crippen LogP contribution in [-0.2, 0) is 28.8 Å². The number of rotatable bonds is 16. The number of hydrogen-bond donors (Lipinski definition) is 10. The Hall–Kier alpha value is -3.60. The molecule has 0 aliphatic carbocycles. The first-order chi connectivity index (χ1) is 15.8. The Morgan fingerprint density at radius 1 is 0.824 bits per heavy atom. The zero-order valence-electron chi connectivity index (χ0n) is 18.1. The zero-order chi connectivity index (χ0) is 26.4. The minimum Gasteiger partial charge on any atom is -0.481 e. The smallest absolute Gasteiger partial charge is 0.326 e. The quantitative estimate of drug-likeness (QED) is 0.0410. The molecule has 0 radical (unpaired) electrons. The average Bonchev–Trinajstić information content (AvgIpc) is 2.72. The molecule has 0 saturated carbocycles. The average molecular weight is 507 g/mol. The fourth-order valence-electron chi connectivity index (χ4n) is 2.46. The minimum absolute atomic E-state index is 0.0533. The summed E-state index contributed by atoms with van der Waals surface area (Å²) in [5, 5.41) is 24.5. The van der Waals surface area contributed by atoms with Crippen molar-refractivity contribution in [1.82, 2.24) is 16.0 Å². The van der Waals surface area contributed by atoms with Gasteiger partial charge in [-0.3, -0.25) is 29.0 Å². The van der Waals surface area contributed by atoms with E-state index in [9.17, 15) is 28.8 Å². The molecule has 0 aromatic carbocycles. The Morgan fingerprint density at radius 2 is 1.35 bits per heavy atom. The number of thiol groups is 1. The van der Waals surface area contributed by atoms with Gasteiger partial charge in [-0.2, -0.15) is 12.6 Å². The molecular weight excluding hydrogens is 476 g/mol. The second kappa shape index (κ2) is 15.3. The van der Waals surface area contributed by atoms with Gasteiger partial charge in [-0.1, -0.05) is 0 Å².